The van der Waals surface area contributed by atoms with Crippen LogP contribution in [-0.2, 0) is 4.74 Å². The van der Waals surface area contributed by atoms with E-state index in [1.54, 1.807) is 0 Å². The molecule has 0 radical (unpaired) electrons. The molecule has 0 amide bonds. The minimum Gasteiger partial charge on any atom is -0.384 e. The lowest BCUT2D eigenvalue weighted by atomic mass is 9.83. The van der Waals surface area contributed by atoms with E-state index in [1.165, 1.54) is 45.3 Å². The summed E-state index contributed by atoms with van der Waals surface area (Å²) in [6, 6.07) is 0. The van der Waals surface area contributed by atoms with Crippen molar-refractivity contribution in [3.63, 3.8) is 0 Å². The number of methoxy groups -OCH3 is 1. The molecule has 114 valence electrons. The minimum absolute atomic E-state index is 0.416. The predicted molar refractivity (Wildman–Crippen MR) is 82.6 cm³/mol. The van der Waals surface area contributed by atoms with Crippen molar-refractivity contribution in [2.24, 2.45) is 11.3 Å². The fourth-order valence-electron chi connectivity index (χ4n) is 3.46. The Hall–Kier alpha value is -0.120. The van der Waals surface area contributed by atoms with E-state index in [0.29, 0.717) is 5.41 Å². The number of hydrogen-bond acceptors (Lipinski definition) is 3. The average molecular weight is 270 g/mol. The van der Waals surface area contributed by atoms with Crippen molar-refractivity contribution in [3.8, 4) is 0 Å². The Balaban J connectivity index is 2.47. The molecular formula is C16H34N2O. The van der Waals surface area contributed by atoms with E-state index in [4.69, 9.17) is 4.74 Å². The summed E-state index contributed by atoms with van der Waals surface area (Å²) < 4.78 is 5.33. The van der Waals surface area contributed by atoms with Crippen molar-refractivity contribution >= 4 is 0 Å². The number of nitrogens with zero attached hydrogens (tertiary/aromatic N) is 1. The molecule has 1 rings (SSSR count). The number of likely N-dealkylation sites (tertiary alicyclic amines) is 1. The van der Waals surface area contributed by atoms with Crippen molar-refractivity contribution in [3.05, 3.63) is 0 Å². The Morgan fingerprint density at radius 1 is 1.37 bits per heavy atom. The highest BCUT2D eigenvalue weighted by Crippen LogP contribution is 2.27. The summed E-state index contributed by atoms with van der Waals surface area (Å²) in [4.78, 5) is 2.67. The van der Waals surface area contributed by atoms with Crippen LogP contribution in [0.5, 0.6) is 0 Å². The van der Waals surface area contributed by atoms with E-state index in [-0.39, 0.29) is 0 Å². The van der Waals surface area contributed by atoms with Crippen LogP contribution in [-0.4, -0.2) is 51.3 Å². The van der Waals surface area contributed by atoms with E-state index in [9.17, 15) is 0 Å². The quantitative estimate of drug-likeness (QED) is 0.697. The van der Waals surface area contributed by atoms with Crippen LogP contribution in [0.1, 0.15) is 46.5 Å². The fourth-order valence-corrected chi connectivity index (χ4v) is 3.46. The first-order valence-corrected chi connectivity index (χ1v) is 8.05. The van der Waals surface area contributed by atoms with E-state index < -0.39 is 0 Å². The summed E-state index contributed by atoms with van der Waals surface area (Å²) >= 11 is 0. The molecule has 3 heteroatoms. The van der Waals surface area contributed by atoms with E-state index >= 15 is 0 Å². The first kappa shape index (κ1) is 16.9. The molecule has 19 heavy (non-hydrogen) atoms. The van der Waals surface area contributed by atoms with E-state index in [2.05, 4.69) is 31.0 Å². The molecule has 1 saturated heterocycles. The highest BCUT2D eigenvalue weighted by atomic mass is 16.5. The van der Waals surface area contributed by atoms with Gasteiger partial charge in [0.2, 0.25) is 0 Å². The van der Waals surface area contributed by atoms with Crippen LogP contribution >= 0.6 is 0 Å². The van der Waals surface area contributed by atoms with Gasteiger partial charge in [-0.3, -0.25) is 0 Å². The van der Waals surface area contributed by atoms with Gasteiger partial charge in [0, 0.05) is 26.7 Å². The zero-order valence-corrected chi connectivity index (χ0v) is 13.5. The standard InChI is InChI=1S/C16H34N2O/c1-5-9-16(3,13-17-6-2)14-18-10-7-8-15(11-18)12-19-4/h15,17H,5-14H2,1-4H3. The zero-order chi connectivity index (χ0) is 14.1. The van der Waals surface area contributed by atoms with Gasteiger partial charge < -0.3 is 15.0 Å². The topological polar surface area (TPSA) is 24.5 Å². The molecule has 0 spiro atoms. The molecule has 0 aromatic heterocycles. The normalized spacial score (nSPS) is 24.3. The van der Waals surface area contributed by atoms with Gasteiger partial charge in [0.1, 0.15) is 0 Å². The SMILES string of the molecule is CCCC(C)(CNCC)CN1CCCC(COC)C1. The van der Waals surface area contributed by atoms with Crippen molar-refractivity contribution in [1.29, 1.82) is 0 Å². The molecule has 1 N–H and O–H groups in total. The highest BCUT2D eigenvalue weighted by Gasteiger charge is 2.28. The molecule has 2 atom stereocenters. The Kier molecular flexibility index (Phi) is 7.96. The molecule has 0 bridgehead atoms. The molecule has 0 aromatic carbocycles. The number of nitrogens with one attached hydrogen (secondary N) is 1. The summed E-state index contributed by atoms with van der Waals surface area (Å²) in [5.41, 5.74) is 0.416. The third-order valence-corrected chi connectivity index (χ3v) is 4.27. The van der Waals surface area contributed by atoms with Crippen molar-refractivity contribution in [2.45, 2.75) is 46.5 Å². The van der Waals surface area contributed by atoms with Gasteiger partial charge in [-0.25, -0.2) is 0 Å². The Morgan fingerprint density at radius 2 is 2.16 bits per heavy atom. The van der Waals surface area contributed by atoms with Crippen LogP contribution in [0.2, 0.25) is 0 Å². The number of rotatable bonds is 9. The maximum Gasteiger partial charge on any atom is 0.0502 e. The first-order chi connectivity index (χ1) is 9.13. The largest absolute Gasteiger partial charge is 0.384 e. The smallest absolute Gasteiger partial charge is 0.0502 e. The van der Waals surface area contributed by atoms with Crippen molar-refractivity contribution in [2.75, 3.05) is 46.4 Å². The van der Waals surface area contributed by atoms with Crippen LogP contribution < -0.4 is 5.32 Å². The fraction of sp³-hybridized carbons (Fsp3) is 1.00. The minimum atomic E-state index is 0.416. The van der Waals surface area contributed by atoms with Gasteiger partial charge in [-0.05, 0) is 43.7 Å². The van der Waals surface area contributed by atoms with E-state index in [0.717, 1.165) is 25.6 Å². The summed E-state index contributed by atoms with van der Waals surface area (Å²) in [6.07, 6.45) is 5.25. The molecule has 0 aliphatic carbocycles. The number of hydrogen-bond donors (Lipinski definition) is 1. The maximum atomic E-state index is 5.33. The first-order valence-electron chi connectivity index (χ1n) is 8.05. The maximum absolute atomic E-state index is 5.33. The van der Waals surface area contributed by atoms with Gasteiger partial charge in [0.25, 0.3) is 0 Å². The van der Waals surface area contributed by atoms with Gasteiger partial charge in [-0.2, -0.15) is 0 Å². The molecule has 1 aliphatic heterocycles. The highest BCUT2D eigenvalue weighted by molar-refractivity contribution is 4.83. The third-order valence-electron chi connectivity index (χ3n) is 4.27. The molecule has 1 heterocycles. The van der Waals surface area contributed by atoms with Crippen LogP contribution in [0.4, 0.5) is 0 Å². The van der Waals surface area contributed by atoms with Gasteiger partial charge in [0.15, 0.2) is 0 Å². The van der Waals surface area contributed by atoms with Crippen LogP contribution in [0.25, 0.3) is 0 Å². The molecule has 1 fully saturated rings. The van der Waals surface area contributed by atoms with Gasteiger partial charge >= 0.3 is 0 Å². The Morgan fingerprint density at radius 3 is 2.79 bits per heavy atom. The zero-order valence-electron chi connectivity index (χ0n) is 13.5. The lowest BCUT2D eigenvalue weighted by Crippen LogP contribution is -2.46. The molecule has 3 nitrogen and oxygen atoms in total. The summed E-state index contributed by atoms with van der Waals surface area (Å²) in [5, 5.41) is 3.55. The van der Waals surface area contributed by atoms with Gasteiger partial charge in [-0.1, -0.05) is 27.2 Å². The Bertz CT molecular complexity index is 233. The molecule has 0 saturated carbocycles. The average Bonchev–Trinajstić information content (AvgIpc) is 2.37. The van der Waals surface area contributed by atoms with Crippen LogP contribution in [0.15, 0.2) is 0 Å². The Labute approximate surface area is 120 Å². The number of ether oxygens (including phenoxy) is 1. The molecule has 1 aliphatic rings. The summed E-state index contributed by atoms with van der Waals surface area (Å²) in [6.45, 7) is 13.8. The lowest BCUT2D eigenvalue weighted by molar-refractivity contribution is 0.0639. The number of piperidine rings is 1. The molecule has 0 aromatic rings. The van der Waals surface area contributed by atoms with Crippen molar-refractivity contribution in [1.82, 2.24) is 10.2 Å². The van der Waals surface area contributed by atoms with Crippen molar-refractivity contribution < 1.29 is 4.74 Å². The van der Waals surface area contributed by atoms with Gasteiger partial charge in [0.05, 0.1) is 6.61 Å². The van der Waals surface area contributed by atoms with E-state index in [1.807, 2.05) is 7.11 Å². The summed E-state index contributed by atoms with van der Waals surface area (Å²) in [7, 11) is 1.82. The molecular weight excluding hydrogens is 236 g/mol. The van der Waals surface area contributed by atoms with Crippen LogP contribution in [0.3, 0.4) is 0 Å². The second-order valence-corrected chi connectivity index (χ2v) is 6.54. The van der Waals surface area contributed by atoms with Crippen LogP contribution in [0, 0.1) is 11.3 Å². The lowest BCUT2D eigenvalue weighted by Gasteiger charge is -2.39. The second-order valence-electron chi connectivity index (χ2n) is 6.54. The van der Waals surface area contributed by atoms with Gasteiger partial charge in [-0.15, -0.1) is 0 Å². The molecule has 2 unspecified atom stereocenters. The predicted octanol–water partition coefficient (Wildman–Crippen LogP) is 2.76. The second kappa shape index (κ2) is 8.93. The summed E-state index contributed by atoms with van der Waals surface area (Å²) in [5.74, 6) is 0.740. The monoisotopic (exact) mass is 270 g/mol. The third kappa shape index (κ3) is 6.24.